The average Bonchev–Trinajstić information content (AvgIpc) is 3.11. The third kappa shape index (κ3) is 4.18. The first-order chi connectivity index (χ1) is 8.62. The van der Waals surface area contributed by atoms with Crippen molar-refractivity contribution in [1.29, 1.82) is 0 Å². The quantitative estimate of drug-likeness (QED) is 0.707. The Hall–Kier alpha value is -0.610. The fourth-order valence-corrected chi connectivity index (χ4v) is 2.48. The summed E-state index contributed by atoms with van der Waals surface area (Å²) in [5.41, 5.74) is 5.15. The van der Waals surface area contributed by atoms with Gasteiger partial charge < -0.3 is 11.1 Å². The molecule has 2 unspecified atom stereocenters. The molecule has 1 fully saturated rings. The second-order valence-corrected chi connectivity index (χ2v) is 6.95. The predicted molar refractivity (Wildman–Crippen MR) is 80.0 cm³/mol. The van der Waals surface area contributed by atoms with Gasteiger partial charge >= 0.3 is 0 Å². The van der Waals surface area contributed by atoms with Crippen LogP contribution in [-0.4, -0.2) is 41.0 Å². The second-order valence-electron chi connectivity index (χ2n) is 6.95. The van der Waals surface area contributed by atoms with Crippen molar-refractivity contribution in [2.75, 3.05) is 7.05 Å². The molecule has 0 spiro atoms. The van der Waals surface area contributed by atoms with Crippen LogP contribution in [0.25, 0.3) is 0 Å². The van der Waals surface area contributed by atoms with Gasteiger partial charge in [0.25, 0.3) is 0 Å². The van der Waals surface area contributed by atoms with Gasteiger partial charge in [0.15, 0.2) is 0 Å². The van der Waals surface area contributed by atoms with Gasteiger partial charge in [0.05, 0.1) is 5.54 Å². The SMILES string of the molecule is CCC(C)(C)N(C)C(C)CC(C)(NC1CC1)C(N)=O. The number of amides is 1. The summed E-state index contributed by atoms with van der Waals surface area (Å²) in [6, 6.07) is 0.785. The van der Waals surface area contributed by atoms with E-state index < -0.39 is 5.54 Å². The molecule has 1 rings (SSSR count). The van der Waals surface area contributed by atoms with Gasteiger partial charge in [-0.25, -0.2) is 0 Å². The molecular weight excluding hydrogens is 238 g/mol. The number of carbonyl (C=O) groups is 1. The van der Waals surface area contributed by atoms with Crippen LogP contribution in [0, 0.1) is 0 Å². The van der Waals surface area contributed by atoms with Crippen molar-refractivity contribution in [3.05, 3.63) is 0 Å². The van der Waals surface area contributed by atoms with Crippen LogP contribution in [0.5, 0.6) is 0 Å². The van der Waals surface area contributed by atoms with E-state index in [1.54, 1.807) is 0 Å². The molecule has 0 aromatic heterocycles. The molecule has 112 valence electrons. The Morgan fingerprint density at radius 1 is 1.42 bits per heavy atom. The Balaban J connectivity index is 2.70. The highest BCUT2D eigenvalue weighted by Gasteiger charge is 2.39. The van der Waals surface area contributed by atoms with Crippen molar-refractivity contribution in [2.45, 2.75) is 83.5 Å². The minimum Gasteiger partial charge on any atom is -0.368 e. The molecule has 0 aromatic carbocycles. The molecule has 0 aliphatic heterocycles. The molecule has 1 aliphatic rings. The van der Waals surface area contributed by atoms with Crippen molar-refractivity contribution in [3.63, 3.8) is 0 Å². The van der Waals surface area contributed by atoms with Crippen LogP contribution in [0.3, 0.4) is 0 Å². The molecule has 1 amide bonds. The summed E-state index contributed by atoms with van der Waals surface area (Å²) in [6.07, 6.45) is 4.15. The van der Waals surface area contributed by atoms with E-state index in [0.717, 1.165) is 25.7 Å². The average molecular weight is 269 g/mol. The molecule has 0 aromatic rings. The minimum atomic E-state index is -0.599. The second kappa shape index (κ2) is 5.80. The van der Waals surface area contributed by atoms with E-state index in [-0.39, 0.29) is 11.4 Å². The summed E-state index contributed by atoms with van der Waals surface area (Å²) in [5.74, 6) is -0.242. The van der Waals surface area contributed by atoms with E-state index >= 15 is 0 Å². The summed E-state index contributed by atoms with van der Waals surface area (Å²) in [5, 5.41) is 3.42. The molecule has 2 atom stereocenters. The summed E-state index contributed by atoms with van der Waals surface area (Å²) in [7, 11) is 2.13. The van der Waals surface area contributed by atoms with Crippen molar-refractivity contribution < 1.29 is 4.79 Å². The normalized spacial score (nSPS) is 21.2. The molecule has 4 nitrogen and oxygen atoms in total. The molecule has 1 saturated carbocycles. The number of primary amides is 1. The van der Waals surface area contributed by atoms with Crippen LogP contribution in [0.1, 0.15) is 60.3 Å². The van der Waals surface area contributed by atoms with Gasteiger partial charge in [0.1, 0.15) is 0 Å². The predicted octanol–water partition coefficient (Wildman–Crippen LogP) is 1.88. The lowest BCUT2D eigenvalue weighted by Crippen LogP contribution is -2.58. The Morgan fingerprint density at radius 3 is 2.32 bits per heavy atom. The highest BCUT2D eigenvalue weighted by Crippen LogP contribution is 2.28. The fourth-order valence-electron chi connectivity index (χ4n) is 2.48. The standard InChI is InChI=1S/C15H31N3O/c1-7-14(3,4)18(6)11(2)10-15(5,13(16)19)17-12-8-9-12/h11-12,17H,7-10H2,1-6H3,(H2,16,19). The molecule has 19 heavy (non-hydrogen) atoms. The molecule has 1 aliphatic carbocycles. The zero-order chi connectivity index (χ0) is 14.8. The third-order valence-electron chi connectivity index (χ3n) is 4.83. The monoisotopic (exact) mass is 269 g/mol. The fraction of sp³-hybridized carbons (Fsp3) is 0.933. The molecule has 0 saturated heterocycles. The Morgan fingerprint density at radius 2 is 1.95 bits per heavy atom. The van der Waals surface area contributed by atoms with Gasteiger partial charge in [0, 0.05) is 17.6 Å². The Kier molecular flexibility index (Phi) is 5.02. The zero-order valence-electron chi connectivity index (χ0n) is 13.4. The molecule has 4 heteroatoms. The topological polar surface area (TPSA) is 58.4 Å². The summed E-state index contributed by atoms with van der Waals surface area (Å²) in [4.78, 5) is 14.2. The van der Waals surface area contributed by atoms with E-state index in [1.807, 2.05) is 6.92 Å². The summed E-state index contributed by atoms with van der Waals surface area (Å²) in [6.45, 7) is 10.8. The highest BCUT2D eigenvalue weighted by molar-refractivity contribution is 5.84. The molecule has 0 bridgehead atoms. The van der Waals surface area contributed by atoms with Gasteiger partial charge in [-0.1, -0.05) is 6.92 Å². The lowest BCUT2D eigenvalue weighted by Gasteiger charge is -2.42. The van der Waals surface area contributed by atoms with Crippen LogP contribution in [0.15, 0.2) is 0 Å². The summed E-state index contributed by atoms with van der Waals surface area (Å²) < 4.78 is 0. The number of nitrogens with zero attached hydrogens (tertiary/aromatic N) is 1. The molecule has 3 N–H and O–H groups in total. The lowest BCUT2D eigenvalue weighted by atomic mass is 9.89. The van der Waals surface area contributed by atoms with Crippen molar-refractivity contribution in [2.24, 2.45) is 5.73 Å². The minimum absolute atomic E-state index is 0.136. The highest BCUT2D eigenvalue weighted by atomic mass is 16.1. The first kappa shape index (κ1) is 16.4. The Labute approximate surface area is 118 Å². The van der Waals surface area contributed by atoms with Crippen molar-refractivity contribution in [3.8, 4) is 0 Å². The zero-order valence-corrected chi connectivity index (χ0v) is 13.4. The summed E-state index contributed by atoms with van der Waals surface area (Å²) >= 11 is 0. The van der Waals surface area contributed by atoms with Gasteiger partial charge in [-0.15, -0.1) is 0 Å². The number of rotatable bonds is 8. The number of hydrogen-bond acceptors (Lipinski definition) is 3. The van der Waals surface area contributed by atoms with E-state index in [2.05, 4.69) is 45.0 Å². The maximum atomic E-state index is 11.8. The molecule has 0 heterocycles. The number of carbonyl (C=O) groups excluding carboxylic acids is 1. The first-order valence-electron chi connectivity index (χ1n) is 7.43. The van der Waals surface area contributed by atoms with E-state index in [0.29, 0.717) is 12.1 Å². The number of nitrogens with one attached hydrogen (secondary N) is 1. The van der Waals surface area contributed by atoms with E-state index in [9.17, 15) is 4.79 Å². The van der Waals surface area contributed by atoms with Gasteiger partial charge in [0.2, 0.25) is 5.91 Å². The van der Waals surface area contributed by atoms with Gasteiger partial charge in [-0.3, -0.25) is 9.69 Å². The first-order valence-corrected chi connectivity index (χ1v) is 7.43. The molecule has 0 radical (unpaired) electrons. The molecular formula is C15H31N3O. The Bertz CT molecular complexity index is 325. The van der Waals surface area contributed by atoms with Crippen LogP contribution < -0.4 is 11.1 Å². The largest absolute Gasteiger partial charge is 0.368 e. The lowest BCUT2D eigenvalue weighted by molar-refractivity contribution is -0.124. The van der Waals surface area contributed by atoms with Crippen LogP contribution >= 0.6 is 0 Å². The van der Waals surface area contributed by atoms with E-state index in [4.69, 9.17) is 5.73 Å². The smallest absolute Gasteiger partial charge is 0.237 e. The number of nitrogens with two attached hydrogens (primary N) is 1. The van der Waals surface area contributed by atoms with Crippen molar-refractivity contribution >= 4 is 5.91 Å². The van der Waals surface area contributed by atoms with Crippen molar-refractivity contribution in [1.82, 2.24) is 10.2 Å². The maximum absolute atomic E-state index is 11.8. The van der Waals surface area contributed by atoms with E-state index in [1.165, 1.54) is 0 Å². The number of hydrogen-bond donors (Lipinski definition) is 2. The van der Waals surface area contributed by atoms with Crippen LogP contribution in [0.4, 0.5) is 0 Å². The third-order valence-corrected chi connectivity index (χ3v) is 4.83. The van der Waals surface area contributed by atoms with Crippen LogP contribution in [0.2, 0.25) is 0 Å². The van der Waals surface area contributed by atoms with Gasteiger partial charge in [-0.05, 0) is 60.4 Å². The van der Waals surface area contributed by atoms with Crippen LogP contribution in [-0.2, 0) is 4.79 Å². The van der Waals surface area contributed by atoms with Gasteiger partial charge in [-0.2, -0.15) is 0 Å². The maximum Gasteiger partial charge on any atom is 0.237 e.